The predicted octanol–water partition coefficient (Wildman–Crippen LogP) is 1.43. The van der Waals surface area contributed by atoms with E-state index in [1.165, 1.54) is 12.2 Å². The minimum Gasteiger partial charge on any atom is -0.466 e. The van der Waals surface area contributed by atoms with Crippen molar-refractivity contribution in [2.24, 2.45) is 23.2 Å². The molecule has 4 atom stereocenters. The molecule has 0 heterocycles. The lowest BCUT2D eigenvalue weighted by molar-refractivity contribution is -0.166. The van der Waals surface area contributed by atoms with Crippen LogP contribution in [0.15, 0.2) is 24.3 Å². The number of carbonyl (C=O) groups is 3. The molecule has 0 bridgehead atoms. The number of fused-ring (bicyclic) bond motifs is 1. The molecule has 0 aromatic rings. The van der Waals surface area contributed by atoms with Crippen LogP contribution in [-0.4, -0.2) is 42.6 Å². The summed E-state index contributed by atoms with van der Waals surface area (Å²) in [6.07, 6.45) is 6.80. The van der Waals surface area contributed by atoms with E-state index in [-0.39, 0.29) is 37.9 Å². The summed E-state index contributed by atoms with van der Waals surface area (Å²) >= 11 is 0. The molecule has 0 saturated heterocycles. The lowest BCUT2D eigenvalue weighted by Crippen LogP contribution is -2.51. The number of esters is 2. The number of aliphatic hydroxyl groups is 1. The number of ether oxygens (including phenoxy) is 2. The minimum absolute atomic E-state index is 0.132. The van der Waals surface area contributed by atoms with E-state index >= 15 is 0 Å². The van der Waals surface area contributed by atoms with Gasteiger partial charge in [-0.05, 0) is 32.3 Å². The van der Waals surface area contributed by atoms with Crippen molar-refractivity contribution >= 4 is 17.7 Å². The summed E-state index contributed by atoms with van der Waals surface area (Å²) in [7, 11) is 0. The molecule has 0 spiro atoms. The largest absolute Gasteiger partial charge is 0.466 e. The fourth-order valence-corrected chi connectivity index (χ4v) is 3.74. The molecular formula is C18H24O6. The monoisotopic (exact) mass is 336 g/mol. The van der Waals surface area contributed by atoms with E-state index in [0.29, 0.717) is 6.42 Å². The Kier molecular flexibility index (Phi) is 5.94. The molecule has 2 rings (SSSR count). The molecule has 6 heteroatoms. The second kappa shape index (κ2) is 7.75. The number of hydrogen-bond acceptors (Lipinski definition) is 6. The summed E-state index contributed by atoms with van der Waals surface area (Å²) in [6.45, 7) is 3.61. The molecule has 0 fully saturated rings. The number of ketones is 1. The van der Waals surface area contributed by atoms with E-state index in [1.807, 2.05) is 6.08 Å². The summed E-state index contributed by atoms with van der Waals surface area (Å²) < 4.78 is 10.2. The Balaban J connectivity index is 2.46. The standard InChI is InChI=1S/C18H24O6/c1-3-23-15(21)10-18(17(22)24-4-2)9-8-14(20)16-12(11-19)6-5-7-13(16)18/h5-6,8-9,12-13,16,19H,3-4,7,10-11H2,1-2H3/t12-,13-,16+,18-/m0/s1. The molecule has 2 aliphatic carbocycles. The molecule has 0 amide bonds. The first-order chi connectivity index (χ1) is 11.5. The highest BCUT2D eigenvalue weighted by Gasteiger charge is 2.55. The van der Waals surface area contributed by atoms with E-state index in [2.05, 4.69) is 0 Å². The second-order valence-electron chi connectivity index (χ2n) is 6.12. The smallest absolute Gasteiger partial charge is 0.316 e. The molecule has 0 aromatic heterocycles. The van der Waals surface area contributed by atoms with Gasteiger partial charge in [-0.25, -0.2) is 0 Å². The van der Waals surface area contributed by atoms with E-state index in [0.717, 1.165) is 0 Å². The van der Waals surface area contributed by atoms with Gasteiger partial charge in [0.15, 0.2) is 5.78 Å². The van der Waals surface area contributed by atoms with Crippen molar-refractivity contribution in [1.82, 2.24) is 0 Å². The number of allylic oxidation sites excluding steroid dienone is 2. The Morgan fingerprint density at radius 1 is 1.29 bits per heavy atom. The SMILES string of the molecule is CCOC(=O)C[C@@]1(C(=O)OCC)C=CC(=O)[C@@H]2[C@H](CO)C=CC[C@@H]21. The summed E-state index contributed by atoms with van der Waals surface area (Å²) in [6, 6.07) is 0. The third-order valence-corrected chi connectivity index (χ3v) is 4.81. The molecule has 132 valence electrons. The first kappa shape index (κ1) is 18.4. The van der Waals surface area contributed by atoms with E-state index in [9.17, 15) is 19.5 Å². The van der Waals surface area contributed by atoms with Crippen LogP contribution in [0.3, 0.4) is 0 Å². The highest BCUT2D eigenvalue weighted by atomic mass is 16.5. The van der Waals surface area contributed by atoms with Gasteiger partial charge in [-0.1, -0.05) is 18.2 Å². The van der Waals surface area contributed by atoms with Crippen molar-refractivity contribution < 1.29 is 29.0 Å². The van der Waals surface area contributed by atoms with Crippen molar-refractivity contribution in [2.45, 2.75) is 26.7 Å². The van der Waals surface area contributed by atoms with Crippen LogP contribution in [-0.2, 0) is 23.9 Å². The summed E-state index contributed by atoms with van der Waals surface area (Å²) in [5, 5.41) is 9.59. The quantitative estimate of drug-likeness (QED) is 0.583. The van der Waals surface area contributed by atoms with Gasteiger partial charge in [-0.3, -0.25) is 14.4 Å². The maximum absolute atomic E-state index is 12.7. The molecule has 0 aromatic carbocycles. The molecule has 0 unspecified atom stereocenters. The topological polar surface area (TPSA) is 89.9 Å². The zero-order chi connectivity index (χ0) is 17.7. The molecular weight excluding hydrogens is 312 g/mol. The molecule has 1 N–H and O–H groups in total. The number of aliphatic hydroxyl groups excluding tert-OH is 1. The van der Waals surface area contributed by atoms with Crippen LogP contribution in [0, 0.1) is 23.2 Å². The van der Waals surface area contributed by atoms with Crippen LogP contribution in [0.25, 0.3) is 0 Å². The maximum atomic E-state index is 12.7. The average Bonchev–Trinajstić information content (AvgIpc) is 2.57. The summed E-state index contributed by atoms with van der Waals surface area (Å²) in [4.78, 5) is 37.2. The lowest BCUT2D eigenvalue weighted by Gasteiger charge is -2.45. The van der Waals surface area contributed by atoms with Crippen LogP contribution < -0.4 is 0 Å². The van der Waals surface area contributed by atoms with Gasteiger partial charge in [0, 0.05) is 11.8 Å². The van der Waals surface area contributed by atoms with Crippen molar-refractivity contribution in [1.29, 1.82) is 0 Å². The maximum Gasteiger partial charge on any atom is 0.316 e. The Morgan fingerprint density at radius 3 is 2.62 bits per heavy atom. The van der Waals surface area contributed by atoms with Gasteiger partial charge in [-0.15, -0.1) is 0 Å². The fourth-order valence-electron chi connectivity index (χ4n) is 3.74. The third-order valence-electron chi connectivity index (χ3n) is 4.81. The van der Waals surface area contributed by atoms with Gasteiger partial charge < -0.3 is 14.6 Å². The summed E-state index contributed by atoms with van der Waals surface area (Å²) in [5.74, 6) is -2.49. The Bertz CT molecular complexity index is 564. The Hall–Kier alpha value is -1.95. The van der Waals surface area contributed by atoms with E-state index in [1.54, 1.807) is 19.9 Å². The van der Waals surface area contributed by atoms with Gasteiger partial charge in [0.2, 0.25) is 0 Å². The van der Waals surface area contributed by atoms with Crippen LogP contribution in [0.2, 0.25) is 0 Å². The van der Waals surface area contributed by atoms with Gasteiger partial charge in [0.05, 0.1) is 26.2 Å². The molecule has 24 heavy (non-hydrogen) atoms. The van der Waals surface area contributed by atoms with Gasteiger partial charge in [0.1, 0.15) is 5.41 Å². The molecule has 2 aliphatic rings. The predicted molar refractivity (Wildman–Crippen MR) is 85.8 cm³/mol. The van der Waals surface area contributed by atoms with Gasteiger partial charge >= 0.3 is 11.9 Å². The van der Waals surface area contributed by atoms with E-state index < -0.39 is 29.2 Å². The molecule has 0 aliphatic heterocycles. The van der Waals surface area contributed by atoms with Crippen LogP contribution in [0.5, 0.6) is 0 Å². The van der Waals surface area contributed by atoms with Crippen LogP contribution in [0.1, 0.15) is 26.7 Å². The highest BCUT2D eigenvalue weighted by Crippen LogP contribution is 2.49. The van der Waals surface area contributed by atoms with Crippen molar-refractivity contribution in [3.63, 3.8) is 0 Å². The number of hydrogen-bond donors (Lipinski definition) is 1. The van der Waals surface area contributed by atoms with Crippen molar-refractivity contribution in [3.8, 4) is 0 Å². The average molecular weight is 336 g/mol. The third kappa shape index (κ3) is 3.29. The summed E-state index contributed by atoms with van der Waals surface area (Å²) in [5.41, 5.74) is -1.24. The van der Waals surface area contributed by atoms with E-state index in [4.69, 9.17) is 9.47 Å². The number of rotatable bonds is 6. The molecule has 0 saturated carbocycles. The van der Waals surface area contributed by atoms with Crippen molar-refractivity contribution in [2.75, 3.05) is 19.8 Å². The molecule has 6 nitrogen and oxygen atoms in total. The second-order valence-corrected chi connectivity index (χ2v) is 6.12. The van der Waals surface area contributed by atoms with Gasteiger partial charge in [0.25, 0.3) is 0 Å². The van der Waals surface area contributed by atoms with Crippen LogP contribution >= 0.6 is 0 Å². The highest BCUT2D eigenvalue weighted by molar-refractivity contribution is 5.97. The normalized spacial score (nSPS) is 31.5. The molecule has 0 radical (unpaired) electrons. The van der Waals surface area contributed by atoms with Crippen molar-refractivity contribution in [3.05, 3.63) is 24.3 Å². The number of carbonyl (C=O) groups excluding carboxylic acids is 3. The first-order valence-corrected chi connectivity index (χ1v) is 8.33. The zero-order valence-corrected chi connectivity index (χ0v) is 14.1. The minimum atomic E-state index is -1.24. The lowest BCUT2D eigenvalue weighted by atomic mass is 9.57. The Labute approximate surface area is 141 Å². The fraction of sp³-hybridized carbons (Fsp3) is 0.611. The van der Waals surface area contributed by atoms with Crippen LogP contribution in [0.4, 0.5) is 0 Å². The Morgan fingerprint density at radius 2 is 2.00 bits per heavy atom. The first-order valence-electron chi connectivity index (χ1n) is 8.33. The van der Waals surface area contributed by atoms with Gasteiger partial charge in [-0.2, -0.15) is 0 Å². The zero-order valence-electron chi connectivity index (χ0n) is 14.1.